The van der Waals surface area contributed by atoms with Gasteiger partial charge in [0, 0.05) is 24.6 Å². The van der Waals surface area contributed by atoms with E-state index in [4.69, 9.17) is 4.74 Å². The topological polar surface area (TPSA) is 70.6 Å². The first-order valence-corrected chi connectivity index (χ1v) is 8.66. The lowest BCUT2D eigenvalue weighted by molar-refractivity contribution is 0.119. The van der Waals surface area contributed by atoms with E-state index in [1.54, 1.807) is 0 Å². The maximum absolute atomic E-state index is 11.9. The molecule has 0 spiro atoms. The second-order valence-electron chi connectivity index (χ2n) is 6.60. The van der Waals surface area contributed by atoms with Crippen molar-refractivity contribution in [3.8, 4) is 5.75 Å². The highest BCUT2D eigenvalue weighted by atomic mass is 16.5. The van der Waals surface area contributed by atoms with Crippen LogP contribution in [0.25, 0.3) is 0 Å². The van der Waals surface area contributed by atoms with Crippen LogP contribution in [0.15, 0.2) is 24.3 Å². The van der Waals surface area contributed by atoms with E-state index in [0.717, 1.165) is 43.4 Å². The summed E-state index contributed by atoms with van der Waals surface area (Å²) in [6.45, 7) is 0.981. The summed E-state index contributed by atoms with van der Waals surface area (Å²) in [6.07, 6.45) is 6.40. The molecule has 5 nitrogen and oxygen atoms in total. The largest absolute Gasteiger partial charge is 0.490 e. The highest BCUT2D eigenvalue weighted by Gasteiger charge is 2.25. The number of ether oxygens (including phenoxy) is 1. The molecule has 0 bridgehead atoms. The Hall–Kier alpha value is -1.75. The van der Waals surface area contributed by atoms with Crippen molar-refractivity contribution < 1.29 is 14.6 Å². The molecule has 126 valence electrons. The standard InChI is InChI=1S/C18H26N2O3/c21-16-9-3-6-13(16)11-19-18(22)20-12-14-5-1-2-10-17(14)23-15-7-4-8-15/h1-2,5,10,13,15-16,21H,3-4,6-9,11-12H2,(H2,19,20,22)/t13-,16-/m1/s1. The van der Waals surface area contributed by atoms with Crippen molar-refractivity contribution in [1.29, 1.82) is 0 Å². The van der Waals surface area contributed by atoms with Crippen LogP contribution in [0.5, 0.6) is 5.75 Å². The molecule has 3 rings (SSSR count). The lowest BCUT2D eigenvalue weighted by Crippen LogP contribution is -2.39. The van der Waals surface area contributed by atoms with E-state index in [2.05, 4.69) is 10.6 Å². The Kier molecular flexibility index (Phi) is 5.39. The molecule has 2 amide bonds. The second kappa shape index (κ2) is 7.68. The summed E-state index contributed by atoms with van der Waals surface area (Å²) in [5.74, 6) is 1.05. The predicted molar refractivity (Wildman–Crippen MR) is 88.3 cm³/mol. The Bertz CT molecular complexity index is 531. The molecule has 2 fully saturated rings. The Labute approximate surface area is 137 Å². The third-order valence-corrected chi connectivity index (χ3v) is 4.90. The molecule has 0 aliphatic heterocycles. The minimum Gasteiger partial charge on any atom is -0.490 e. The lowest BCUT2D eigenvalue weighted by atomic mass is 9.96. The highest BCUT2D eigenvalue weighted by Crippen LogP contribution is 2.27. The van der Waals surface area contributed by atoms with Gasteiger partial charge >= 0.3 is 6.03 Å². The Morgan fingerprint density at radius 3 is 2.61 bits per heavy atom. The normalized spacial score (nSPS) is 24.0. The van der Waals surface area contributed by atoms with Gasteiger partial charge in [-0.3, -0.25) is 0 Å². The van der Waals surface area contributed by atoms with Crippen LogP contribution in [0.3, 0.4) is 0 Å². The predicted octanol–water partition coefficient (Wildman–Crippen LogP) is 2.58. The van der Waals surface area contributed by atoms with Gasteiger partial charge in [0.1, 0.15) is 5.75 Å². The van der Waals surface area contributed by atoms with Crippen LogP contribution in [-0.2, 0) is 6.54 Å². The van der Waals surface area contributed by atoms with E-state index in [-0.39, 0.29) is 18.1 Å². The molecule has 5 heteroatoms. The number of nitrogens with one attached hydrogen (secondary N) is 2. The van der Waals surface area contributed by atoms with Crippen molar-refractivity contribution >= 4 is 6.03 Å². The average Bonchev–Trinajstić information content (AvgIpc) is 2.93. The van der Waals surface area contributed by atoms with Gasteiger partial charge in [0.05, 0.1) is 12.2 Å². The summed E-state index contributed by atoms with van der Waals surface area (Å²) in [5.41, 5.74) is 0.996. The Balaban J connectivity index is 1.44. The average molecular weight is 318 g/mol. The molecule has 0 unspecified atom stereocenters. The van der Waals surface area contributed by atoms with Crippen LogP contribution in [0.4, 0.5) is 4.79 Å². The Morgan fingerprint density at radius 2 is 1.91 bits per heavy atom. The van der Waals surface area contributed by atoms with E-state index in [1.165, 1.54) is 6.42 Å². The fraction of sp³-hybridized carbons (Fsp3) is 0.611. The number of hydrogen-bond donors (Lipinski definition) is 3. The van der Waals surface area contributed by atoms with Crippen molar-refractivity contribution in [2.45, 2.75) is 57.3 Å². The van der Waals surface area contributed by atoms with E-state index in [9.17, 15) is 9.90 Å². The minimum absolute atomic E-state index is 0.190. The van der Waals surface area contributed by atoms with E-state index < -0.39 is 0 Å². The molecule has 2 aliphatic carbocycles. The molecule has 2 aliphatic rings. The lowest BCUT2D eigenvalue weighted by Gasteiger charge is -2.27. The molecule has 2 atom stereocenters. The van der Waals surface area contributed by atoms with Gasteiger partial charge in [-0.15, -0.1) is 0 Å². The molecule has 1 aromatic carbocycles. The quantitative estimate of drug-likeness (QED) is 0.755. The van der Waals surface area contributed by atoms with Gasteiger partial charge in [-0.25, -0.2) is 4.79 Å². The molecular formula is C18H26N2O3. The fourth-order valence-electron chi connectivity index (χ4n) is 3.15. The number of carbonyl (C=O) groups excluding carboxylic acids is 1. The summed E-state index contributed by atoms with van der Waals surface area (Å²) < 4.78 is 5.96. The zero-order chi connectivity index (χ0) is 16.1. The molecule has 1 aromatic rings. The first-order valence-electron chi connectivity index (χ1n) is 8.66. The molecule has 2 saturated carbocycles. The third kappa shape index (κ3) is 4.38. The van der Waals surface area contributed by atoms with Gasteiger partial charge in [-0.2, -0.15) is 0 Å². The summed E-state index contributed by atoms with van der Waals surface area (Å²) in [7, 11) is 0. The Morgan fingerprint density at radius 1 is 1.13 bits per heavy atom. The van der Waals surface area contributed by atoms with E-state index in [1.807, 2.05) is 24.3 Å². The summed E-state index contributed by atoms with van der Waals surface area (Å²) >= 11 is 0. The van der Waals surface area contributed by atoms with Crippen LogP contribution >= 0.6 is 0 Å². The van der Waals surface area contributed by atoms with Gasteiger partial charge in [0.25, 0.3) is 0 Å². The van der Waals surface area contributed by atoms with Gasteiger partial charge < -0.3 is 20.5 Å². The molecule has 3 N–H and O–H groups in total. The maximum atomic E-state index is 11.9. The van der Waals surface area contributed by atoms with Crippen LogP contribution in [-0.4, -0.2) is 29.9 Å². The number of amides is 2. The van der Waals surface area contributed by atoms with Gasteiger partial charge in [-0.05, 0) is 38.2 Å². The number of hydrogen-bond acceptors (Lipinski definition) is 3. The number of aliphatic hydroxyl groups is 1. The van der Waals surface area contributed by atoms with Gasteiger partial charge in [0.15, 0.2) is 0 Å². The molecule has 0 saturated heterocycles. The number of urea groups is 1. The molecular weight excluding hydrogens is 292 g/mol. The van der Waals surface area contributed by atoms with Crippen molar-refractivity contribution in [1.82, 2.24) is 10.6 Å². The molecule has 0 radical (unpaired) electrons. The number of aliphatic hydroxyl groups excluding tert-OH is 1. The zero-order valence-corrected chi connectivity index (χ0v) is 13.5. The second-order valence-corrected chi connectivity index (χ2v) is 6.60. The smallest absolute Gasteiger partial charge is 0.315 e. The summed E-state index contributed by atoms with van der Waals surface area (Å²) in [6, 6.07) is 7.66. The van der Waals surface area contributed by atoms with Crippen LogP contribution < -0.4 is 15.4 Å². The van der Waals surface area contributed by atoms with E-state index >= 15 is 0 Å². The van der Waals surface area contributed by atoms with Crippen LogP contribution in [0, 0.1) is 5.92 Å². The first-order chi connectivity index (χ1) is 11.2. The van der Waals surface area contributed by atoms with E-state index in [0.29, 0.717) is 19.2 Å². The zero-order valence-electron chi connectivity index (χ0n) is 13.5. The fourth-order valence-corrected chi connectivity index (χ4v) is 3.15. The number of para-hydroxylation sites is 1. The monoisotopic (exact) mass is 318 g/mol. The number of carbonyl (C=O) groups is 1. The van der Waals surface area contributed by atoms with Gasteiger partial charge in [-0.1, -0.05) is 24.6 Å². The van der Waals surface area contributed by atoms with Crippen LogP contribution in [0.1, 0.15) is 44.1 Å². The van der Waals surface area contributed by atoms with Crippen molar-refractivity contribution in [2.75, 3.05) is 6.54 Å². The SMILES string of the molecule is O=C(NCc1ccccc1OC1CCC1)NC[C@H]1CCC[C@H]1O. The number of rotatable bonds is 6. The molecule has 0 aromatic heterocycles. The maximum Gasteiger partial charge on any atom is 0.315 e. The van der Waals surface area contributed by atoms with Gasteiger partial charge in [0.2, 0.25) is 0 Å². The third-order valence-electron chi connectivity index (χ3n) is 4.90. The van der Waals surface area contributed by atoms with Crippen molar-refractivity contribution in [2.24, 2.45) is 5.92 Å². The summed E-state index contributed by atoms with van der Waals surface area (Å²) in [4.78, 5) is 11.9. The summed E-state index contributed by atoms with van der Waals surface area (Å²) in [5, 5.41) is 15.5. The first kappa shape index (κ1) is 16.1. The number of benzene rings is 1. The van der Waals surface area contributed by atoms with Crippen molar-refractivity contribution in [3.63, 3.8) is 0 Å². The highest BCUT2D eigenvalue weighted by molar-refractivity contribution is 5.73. The van der Waals surface area contributed by atoms with Crippen molar-refractivity contribution in [3.05, 3.63) is 29.8 Å². The minimum atomic E-state index is -0.271. The molecule has 23 heavy (non-hydrogen) atoms. The molecule has 0 heterocycles. The van der Waals surface area contributed by atoms with Crippen LogP contribution in [0.2, 0.25) is 0 Å².